The number of sulfonamides is 1. The summed E-state index contributed by atoms with van der Waals surface area (Å²) in [6.07, 6.45) is 2.60. The quantitative estimate of drug-likeness (QED) is 0.473. The molecule has 1 fully saturated rings. The minimum Gasteiger partial charge on any atom is -0.454 e. The number of carbonyl (C=O) groups excluding carboxylic acids is 2. The van der Waals surface area contributed by atoms with E-state index in [1.54, 1.807) is 24.3 Å². The number of thiophene rings is 1. The van der Waals surface area contributed by atoms with E-state index in [0.717, 1.165) is 23.0 Å². The minimum absolute atomic E-state index is 0.0526. The molecule has 9 heteroatoms. The molecule has 1 aliphatic heterocycles. The normalized spacial score (nSPS) is 15.4. The van der Waals surface area contributed by atoms with E-state index in [0.29, 0.717) is 18.0 Å². The average Bonchev–Trinajstić information content (AvgIpc) is 3.13. The Hall–Kier alpha value is -1.55. The molecule has 0 bridgehead atoms. The maximum Gasteiger partial charge on any atom is 0.339 e. The first kappa shape index (κ1) is 20.2. The molecule has 0 N–H and O–H groups in total. The molecule has 2 aromatic rings. The molecular formula is C18H18BrNO5S2. The van der Waals surface area contributed by atoms with Crippen LogP contribution in [0, 0.1) is 0 Å². The SMILES string of the molecule is O=C(COC(=O)c1ccccc1S(=O)(=O)N1CCCCC1)c1ccc(Br)s1. The first-order valence-electron chi connectivity index (χ1n) is 8.44. The molecule has 0 amide bonds. The van der Waals surface area contributed by atoms with Crippen LogP contribution in [0.5, 0.6) is 0 Å². The first-order chi connectivity index (χ1) is 12.9. The van der Waals surface area contributed by atoms with Gasteiger partial charge in [-0.2, -0.15) is 4.31 Å². The van der Waals surface area contributed by atoms with Gasteiger partial charge < -0.3 is 4.74 Å². The Morgan fingerprint density at radius 3 is 2.44 bits per heavy atom. The molecule has 1 aromatic carbocycles. The number of esters is 1. The number of hydrogen-bond donors (Lipinski definition) is 0. The topological polar surface area (TPSA) is 80.8 Å². The van der Waals surface area contributed by atoms with Crippen molar-refractivity contribution in [3.05, 3.63) is 50.6 Å². The Balaban J connectivity index is 1.76. The van der Waals surface area contributed by atoms with Crippen molar-refractivity contribution < 1.29 is 22.7 Å². The van der Waals surface area contributed by atoms with Crippen LogP contribution in [-0.4, -0.2) is 44.2 Å². The molecule has 144 valence electrons. The number of rotatable bonds is 6. The highest BCUT2D eigenvalue weighted by molar-refractivity contribution is 9.11. The molecule has 27 heavy (non-hydrogen) atoms. The molecule has 0 atom stereocenters. The van der Waals surface area contributed by atoms with Crippen molar-refractivity contribution in [3.63, 3.8) is 0 Å². The van der Waals surface area contributed by atoms with Crippen LogP contribution >= 0.6 is 27.3 Å². The summed E-state index contributed by atoms with van der Waals surface area (Å²) in [5, 5.41) is 0. The monoisotopic (exact) mass is 471 g/mol. The molecule has 0 aliphatic carbocycles. The number of nitrogens with zero attached hydrogens (tertiary/aromatic N) is 1. The Morgan fingerprint density at radius 2 is 1.78 bits per heavy atom. The van der Waals surface area contributed by atoms with Crippen LogP contribution in [0.4, 0.5) is 0 Å². The Labute approximate surface area is 170 Å². The maximum atomic E-state index is 12.9. The molecule has 0 saturated carbocycles. The summed E-state index contributed by atoms with van der Waals surface area (Å²) in [6, 6.07) is 9.33. The lowest BCUT2D eigenvalue weighted by Crippen LogP contribution is -2.36. The molecule has 6 nitrogen and oxygen atoms in total. The highest BCUT2D eigenvalue weighted by atomic mass is 79.9. The van der Waals surface area contributed by atoms with Gasteiger partial charge in [0.15, 0.2) is 6.61 Å². The number of halogens is 1. The number of ether oxygens (including phenoxy) is 1. The Morgan fingerprint density at radius 1 is 1.07 bits per heavy atom. The van der Waals surface area contributed by atoms with Crippen LogP contribution in [0.1, 0.15) is 39.3 Å². The molecule has 0 unspecified atom stereocenters. The molecule has 1 saturated heterocycles. The van der Waals surface area contributed by atoms with Crippen molar-refractivity contribution in [2.45, 2.75) is 24.2 Å². The van der Waals surface area contributed by atoms with Crippen LogP contribution in [0.3, 0.4) is 0 Å². The van der Waals surface area contributed by atoms with Gasteiger partial charge in [0, 0.05) is 13.1 Å². The van der Waals surface area contributed by atoms with E-state index in [9.17, 15) is 18.0 Å². The average molecular weight is 472 g/mol. The standard InChI is InChI=1S/C18H18BrNO5S2/c19-17-9-8-15(26-17)14(21)12-25-18(22)13-6-2-3-7-16(13)27(23,24)20-10-4-1-5-11-20/h2-3,6-9H,1,4-5,10-12H2. The number of Topliss-reactive ketones (excluding diaryl/α,β-unsaturated/α-hetero) is 1. The largest absolute Gasteiger partial charge is 0.454 e. The third-order valence-corrected chi connectivity index (χ3v) is 7.84. The van der Waals surface area contributed by atoms with Crippen molar-refractivity contribution in [2.75, 3.05) is 19.7 Å². The van der Waals surface area contributed by atoms with E-state index in [1.807, 2.05) is 0 Å². The molecular weight excluding hydrogens is 454 g/mol. The zero-order valence-electron chi connectivity index (χ0n) is 14.4. The van der Waals surface area contributed by atoms with E-state index in [1.165, 1.54) is 27.8 Å². The summed E-state index contributed by atoms with van der Waals surface area (Å²) < 4.78 is 33.1. The highest BCUT2D eigenvalue weighted by Crippen LogP contribution is 2.25. The minimum atomic E-state index is -3.78. The fourth-order valence-electron chi connectivity index (χ4n) is 2.85. The number of carbonyl (C=O) groups is 2. The summed E-state index contributed by atoms with van der Waals surface area (Å²) in [6.45, 7) is 0.443. The van der Waals surface area contributed by atoms with Crippen molar-refractivity contribution >= 4 is 49.0 Å². The number of ketones is 1. The number of piperidine rings is 1. The summed E-state index contributed by atoms with van der Waals surface area (Å²) >= 11 is 4.52. The molecule has 0 spiro atoms. The fraction of sp³-hybridized carbons (Fsp3) is 0.333. The second-order valence-electron chi connectivity index (χ2n) is 6.06. The van der Waals surface area contributed by atoms with Gasteiger partial charge in [-0.1, -0.05) is 18.6 Å². The van der Waals surface area contributed by atoms with Gasteiger partial charge in [0.25, 0.3) is 0 Å². The smallest absolute Gasteiger partial charge is 0.339 e. The van der Waals surface area contributed by atoms with Crippen molar-refractivity contribution in [3.8, 4) is 0 Å². The molecule has 2 heterocycles. The van der Waals surface area contributed by atoms with E-state index < -0.39 is 22.6 Å². The maximum absolute atomic E-state index is 12.9. The van der Waals surface area contributed by atoms with Crippen molar-refractivity contribution in [1.29, 1.82) is 0 Å². The van der Waals surface area contributed by atoms with Gasteiger partial charge in [0.05, 0.1) is 19.1 Å². The van der Waals surface area contributed by atoms with Crippen LogP contribution < -0.4 is 0 Å². The van der Waals surface area contributed by atoms with Crippen LogP contribution in [0.25, 0.3) is 0 Å². The van der Waals surface area contributed by atoms with Gasteiger partial charge in [0.2, 0.25) is 15.8 Å². The number of hydrogen-bond acceptors (Lipinski definition) is 6. The van der Waals surface area contributed by atoms with Gasteiger partial charge in [-0.15, -0.1) is 11.3 Å². The second kappa shape index (κ2) is 8.64. The van der Waals surface area contributed by atoms with Gasteiger partial charge in [-0.3, -0.25) is 4.79 Å². The molecule has 0 radical (unpaired) electrons. The van der Waals surface area contributed by atoms with Crippen LogP contribution in [-0.2, 0) is 14.8 Å². The highest BCUT2D eigenvalue weighted by Gasteiger charge is 2.30. The van der Waals surface area contributed by atoms with Crippen molar-refractivity contribution in [2.24, 2.45) is 0 Å². The summed E-state index contributed by atoms with van der Waals surface area (Å²) in [7, 11) is -3.78. The summed E-state index contributed by atoms with van der Waals surface area (Å²) in [5.74, 6) is -1.16. The van der Waals surface area contributed by atoms with E-state index in [-0.39, 0.29) is 16.2 Å². The first-order valence-corrected chi connectivity index (χ1v) is 11.5. The van der Waals surface area contributed by atoms with E-state index >= 15 is 0 Å². The van der Waals surface area contributed by atoms with Gasteiger partial charge in [-0.05, 0) is 53.0 Å². The zero-order chi connectivity index (χ0) is 19.4. The molecule has 1 aromatic heterocycles. The predicted octanol–water partition coefficient (Wildman–Crippen LogP) is 3.72. The lowest BCUT2D eigenvalue weighted by atomic mass is 10.2. The molecule has 1 aliphatic rings. The van der Waals surface area contributed by atoms with Crippen LogP contribution in [0.15, 0.2) is 45.1 Å². The third kappa shape index (κ3) is 4.66. The van der Waals surface area contributed by atoms with Crippen LogP contribution in [0.2, 0.25) is 0 Å². The van der Waals surface area contributed by atoms with Gasteiger partial charge in [-0.25, -0.2) is 13.2 Å². The zero-order valence-corrected chi connectivity index (χ0v) is 17.6. The Kier molecular flexibility index (Phi) is 6.46. The summed E-state index contributed by atoms with van der Waals surface area (Å²) in [5.41, 5.74) is -0.0526. The second-order valence-corrected chi connectivity index (χ2v) is 10.4. The molecule has 3 rings (SSSR count). The third-order valence-electron chi connectivity index (χ3n) is 4.22. The van der Waals surface area contributed by atoms with Crippen molar-refractivity contribution in [1.82, 2.24) is 4.31 Å². The van der Waals surface area contributed by atoms with Gasteiger partial charge >= 0.3 is 5.97 Å². The fourth-order valence-corrected chi connectivity index (χ4v) is 5.86. The summed E-state index contributed by atoms with van der Waals surface area (Å²) in [4.78, 5) is 25.0. The van der Waals surface area contributed by atoms with Gasteiger partial charge in [0.1, 0.15) is 0 Å². The number of benzene rings is 1. The van der Waals surface area contributed by atoms with E-state index in [4.69, 9.17) is 4.74 Å². The lowest BCUT2D eigenvalue weighted by Gasteiger charge is -2.26. The van der Waals surface area contributed by atoms with E-state index in [2.05, 4.69) is 15.9 Å². The lowest BCUT2D eigenvalue weighted by molar-refractivity contribution is 0.0472. The predicted molar refractivity (Wildman–Crippen MR) is 106 cm³/mol. The Bertz CT molecular complexity index is 948.